The number of nitrogens with one attached hydrogen (secondary N) is 2. The predicted molar refractivity (Wildman–Crippen MR) is 115 cm³/mol. The number of hydrogen-bond acceptors (Lipinski definition) is 5. The Morgan fingerprint density at radius 2 is 1.87 bits per heavy atom. The lowest BCUT2D eigenvalue weighted by atomic mass is 10.1. The molecule has 0 saturated heterocycles. The molecule has 0 aliphatic heterocycles. The van der Waals surface area contributed by atoms with Gasteiger partial charge in [-0.25, -0.2) is 9.97 Å². The van der Waals surface area contributed by atoms with Gasteiger partial charge in [-0.3, -0.25) is 10.1 Å². The average Bonchev–Trinajstić information content (AvgIpc) is 3.51. The summed E-state index contributed by atoms with van der Waals surface area (Å²) in [5, 5.41) is 8.21. The molecule has 0 aliphatic rings. The molecule has 8 heteroatoms. The highest BCUT2D eigenvalue weighted by molar-refractivity contribution is 7.14. The molecule has 0 aromatic carbocycles. The van der Waals surface area contributed by atoms with Gasteiger partial charge >= 0.3 is 0 Å². The Morgan fingerprint density at radius 3 is 2.70 bits per heavy atom. The number of aromatic nitrogens is 6. The van der Waals surface area contributed by atoms with Crippen molar-refractivity contribution in [3.8, 4) is 33.2 Å². The molecule has 0 aliphatic carbocycles. The van der Waals surface area contributed by atoms with Crippen molar-refractivity contribution in [2.24, 2.45) is 0 Å². The molecule has 0 amide bonds. The quantitative estimate of drug-likeness (QED) is 0.406. The number of halogens is 1. The van der Waals surface area contributed by atoms with Crippen molar-refractivity contribution in [3.63, 3.8) is 0 Å². The molecule has 30 heavy (non-hydrogen) atoms. The number of H-pyrrole nitrogens is 2. The van der Waals surface area contributed by atoms with Crippen LogP contribution in [0.3, 0.4) is 0 Å². The number of fused-ring (bicyclic) bond motifs is 2. The van der Waals surface area contributed by atoms with Gasteiger partial charge in [-0.15, -0.1) is 11.3 Å². The maximum absolute atomic E-state index is 13.6. The van der Waals surface area contributed by atoms with Crippen LogP contribution < -0.4 is 0 Å². The Hall–Kier alpha value is -3.91. The molecule has 6 aromatic heterocycles. The van der Waals surface area contributed by atoms with Gasteiger partial charge in [0.1, 0.15) is 16.9 Å². The largest absolute Gasteiger partial charge is 0.338 e. The van der Waals surface area contributed by atoms with Gasteiger partial charge in [0.25, 0.3) is 0 Å². The van der Waals surface area contributed by atoms with Crippen LogP contribution >= 0.6 is 11.3 Å². The number of aromatic amines is 2. The van der Waals surface area contributed by atoms with Gasteiger partial charge in [0.15, 0.2) is 5.13 Å². The molecule has 2 N–H and O–H groups in total. The Bertz CT molecular complexity index is 1520. The minimum atomic E-state index is -0.213. The highest BCUT2D eigenvalue weighted by atomic mass is 32.1. The van der Waals surface area contributed by atoms with Crippen molar-refractivity contribution in [2.45, 2.75) is 0 Å². The van der Waals surface area contributed by atoms with Crippen LogP contribution in [0, 0.1) is 5.13 Å². The van der Waals surface area contributed by atoms with Crippen LogP contribution in [0.4, 0.5) is 4.39 Å². The van der Waals surface area contributed by atoms with Crippen LogP contribution in [0.15, 0.2) is 67.0 Å². The molecule has 0 unspecified atom stereocenters. The van der Waals surface area contributed by atoms with Crippen molar-refractivity contribution >= 4 is 33.4 Å². The van der Waals surface area contributed by atoms with E-state index in [4.69, 9.17) is 4.98 Å². The third-order valence-electron chi connectivity index (χ3n) is 4.96. The minimum Gasteiger partial charge on any atom is -0.338 e. The molecular formula is C22H13FN6S. The zero-order chi connectivity index (χ0) is 20.1. The van der Waals surface area contributed by atoms with Crippen molar-refractivity contribution in [3.05, 3.63) is 72.1 Å². The van der Waals surface area contributed by atoms with Crippen LogP contribution in [0.5, 0.6) is 0 Å². The summed E-state index contributed by atoms with van der Waals surface area (Å²) < 4.78 is 13.6. The standard InChI is InChI=1S/C22H13FN6S/c23-19-7-6-18(30-19)12-8-10-25-22-13(12)11-17(27-22)21-20-16(28-29-21)5-4-15(26-20)14-3-1-2-9-24-14/h1-11H,(H,25,27)(H,28,29). The first-order valence-electron chi connectivity index (χ1n) is 9.26. The van der Waals surface area contributed by atoms with E-state index in [-0.39, 0.29) is 5.13 Å². The van der Waals surface area contributed by atoms with E-state index in [0.29, 0.717) is 11.3 Å². The smallest absolute Gasteiger partial charge is 0.176 e. The highest BCUT2D eigenvalue weighted by Crippen LogP contribution is 2.35. The van der Waals surface area contributed by atoms with Gasteiger partial charge in [-0.1, -0.05) is 6.07 Å². The SMILES string of the molecule is Fc1ccc(-c2ccnc3[nH]c(-c4n[nH]c5ccc(-c6ccccn6)nc45)cc23)s1. The van der Waals surface area contributed by atoms with Crippen molar-refractivity contribution in [2.75, 3.05) is 0 Å². The lowest BCUT2D eigenvalue weighted by Gasteiger charge is -2.00. The Kier molecular flexibility index (Phi) is 3.72. The third-order valence-corrected chi connectivity index (χ3v) is 5.87. The molecule has 6 heterocycles. The highest BCUT2D eigenvalue weighted by Gasteiger charge is 2.16. The van der Waals surface area contributed by atoms with Crippen LogP contribution in [-0.2, 0) is 0 Å². The van der Waals surface area contributed by atoms with Crippen molar-refractivity contribution in [1.29, 1.82) is 0 Å². The molecule has 6 nitrogen and oxygen atoms in total. The molecule has 6 rings (SSSR count). The Balaban J connectivity index is 1.52. The van der Waals surface area contributed by atoms with E-state index < -0.39 is 0 Å². The van der Waals surface area contributed by atoms with Crippen LogP contribution in [-0.4, -0.2) is 30.1 Å². The molecular weight excluding hydrogens is 399 g/mol. The second-order valence-electron chi connectivity index (χ2n) is 6.79. The fourth-order valence-corrected chi connectivity index (χ4v) is 4.34. The van der Waals surface area contributed by atoms with Gasteiger partial charge in [-0.2, -0.15) is 9.49 Å². The summed E-state index contributed by atoms with van der Waals surface area (Å²) in [6.45, 7) is 0. The maximum atomic E-state index is 13.6. The van der Waals surface area contributed by atoms with E-state index in [1.807, 2.05) is 42.5 Å². The van der Waals surface area contributed by atoms with Gasteiger partial charge < -0.3 is 4.98 Å². The van der Waals surface area contributed by atoms with E-state index in [1.165, 1.54) is 6.07 Å². The molecule has 0 atom stereocenters. The Labute approximate surface area is 173 Å². The summed E-state index contributed by atoms with van der Waals surface area (Å²) in [5.41, 5.74) is 6.28. The number of nitrogens with zero attached hydrogens (tertiary/aromatic N) is 4. The fraction of sp³-hybridized carbons (Fsp3) is 0. The summed E-state index contributed by atoms with van der Waals surface area (Å²) in [7, 11) is 0. The molecule has 0 radical (unpaired) electrons. The average molecular weight is 412 g/mol. The zero-order valence-corrected chi connectivity index (χ0v) is 16.2. The first kappa shape index (κ1) is 17.0. The maximum Gasteiger partial charge on any atom is 0.176 e. The summed E-state index contributed by atoms with van der Waals surface area (Å²) in [6.07, 6.45) is 3.46. The Morgan fingerprint density at radius 1 is 0.900 bits per heavy atom. The lowest BCUT2D eigenvalue weighted by Crippen LogP contribution is -1.88. The van der Waals surface area contributed by atoms with Gasteiger partial charge in [0.05, 0.1) is 22.6 Å². The van der Waals surface area contributed by atoms with Crippen LogP contribution in [0.2, 0.25) is 0 Å². The second-order valence-corrected chi connectivity index (χ2v) is 7.82. The topological polar surface area (TPSA) is 83.1 Å². The molecule has 0 bridgehead atoms. The number of pyridine rings is 3. The predicted octanol–water partition coefficient (Wildman–Crippen LogP) is 5.43. The van der Waals surface area contributed by atoms with E-state index in [0.717, 1.165) is 55.3 Å². The van der Waals surface area contributed by atoms with Crippen LogP contribution in [0.25, 0.3) is 55.3 Å². The number of rotatable bonds is 3. The van der Waals surface area contributed by atoms with Crippen molar-refractivity contribution < 1.29 is 4.39 Å². The monoisotopic (exact) mass is 412 g/mol. The second kappa shape index (κ2) is 6.57. The van der Waals surface area contributed by atoms with Crippen LogP contribution in [0.1, 0.15) is 0 Å². The zero-order valence-electron chi connectivity index (χ0n) is 15.4. The lowest BCUT2D eigenvalue weighted by molar-refractivity contribution is 0.657. The summed E-state index contributed by atoms with van der Waals surface area (Å²) in [5.74, 6) is 0. The van der Waals surface area contributed by atoms with E-state index in [1.54, 1.807) is 18.5 Å². The molecule has 0 fully saturated rings. The van der Waals surface area contributed by atoms with Gasteiger partial charge in [0, 0.05) is 28.2 Å². The fourth-order valence-electron chi connectivity index (χ4n) is 3.57. The molecule has 6 aromatic rings. The summed E-state index contributed by atoms with van der Waals surface area (Å²) >= 11 is 1.12. The first-order valence-corrected chi connectivity index (χ1v) is 10.1. The molecule has 0 spiro atoms. The summed E-state index contributed by atoms with van der Waals surface area (Å²) in [4.78, 5) is 17.8. The minimum absolute atomic E-state index is 0.213. The van der Waals surface area contributed by atoms with Gasteiger partial charge in [-0.05, 0) is 48.5 Å². The number of hydrogen-bond donors (Lipinski definition) is 2. The van der Waals surface area contributed by atoms with Crippen molar-refractivity contribution in [1.82, 2.24) is 30.1 Å². The van der Waals surface area contributed by atoms with E-state index in [2.05, 4.69) is 25.1 Å². The van der Waals surface area contributed by atoms with E-state index >= 15 is 0 Å². The molecule has 0 saturated carbocycles. The van der Waals surface area contributed by atoms with Gasteiger partial charge in [0.2, 0.25) is 0 Å². The van der Waals surface area contributed by atoms with E-state index in [9.17, 15) is 4.39 Å². The first-order chi connectivity index (χ1) is 14.8. The number of thiophene rings is 1. The molecule has 144 valence electrons. The summed E-state index contributed by atoms with van der Waals surface area (Å²) in [6, 6.07) is 16.7. The third kappa shape index (κ3) is 2.69. The normalized spacial score (nSPS) is 11.5.